The van der Waals surface area contributed by atoms with Gasteiger partial charge in [0.1, 0.15) is 10.3 Å². The molecule has 2 aliphatic carbocycles. The van der Waals surface area contributed by atoms with Crippen molar-refractivity contribution >= 4 is 15.9 Å². The second kappa shape index (κ2) is 5.25. The van der Waals surface area contributed by atoms with Crippen LogP contribution in [0.15, 0.2) is 4.40 Å². The monoisotopic (exact) mass is 313 g/mol. The third kappa shape index (κ3) is 2.51. The van der Waals surface area contributed by atoms with Crippen LogP contribution in [0.25, 0.3) is 0 Å². The van der Waals surface area contributed by atoms with Gasteiger partial charge < -0.3 is 4.74 Å². The van der Waals surface area contributed by atoms with Crippen LogP contribution in [-0.4, -0.2) is 24.7 Å². The summed E-state index contributed by atoms with van der Waals surface area (Å²) in [6, 6.07) is 0. The Bertz CT molecular complexity index is 536. The van der Waals surface area contributed by atoms with E-state index in [4.69, 9.17) is 4.74 Å². The van der Waals surface area contributed by atoms with Gasteiger partial charge in [-0.25, -0.2) is 8.42 Å². The summed E-state index contributed by atoms with van der Waals surface area (Å²) in [7, 11) is -3.48. The van der Waals surface area contributed by atoms with E-state index in [1.807, 2.05) is 13.8 Å². The third-order valence-corrected chi connectivity index (χ3v) is 8.22. The Hall–Kier alpha value is -0.580. The van der Waals surface area contributed by atoms with Crippen molar-refractivity contribution in [2.24, 2.45) is 10.3 Å². The van der Waals surface area contributed by atoms with Crippen LogP contribution in [0.3, 0.4) is 0 Å². The Balaban J connectivity index is 1.86. The maximum atomic E-state index is 12.7. The molecule has 5 heteroatoms. The number of hydrogen-bond donors (Lipinski definition) is 0. The van der Waals surface area contributed by atoms with Crippen molar-refractivity contribution in [3.63, 3.8) is 0 Å². The quantitative estimate of drug-likeness (QED) is 0.779. The highest BCUT2D eigenvalue weighted by atomic mass is 32.2. The van der Waals surface area contributed by atoms with Crippen molar-refractivity contribution in [3.05, 3.63) is 0 Å². The lowest BCUT2D eigenvalue weighted by Gasteiger charge is -2.50. The van der Waals surface area contributed by atoms with E-state index < -0.39 is 20.4 Å². The Morgan fingerprint density at radius 3 is 2.48 bits per heavy atom. The highest BCUT2D eigenvalue weighted by Crippen LogP contribution is 2.48. The number of sulfonamides is 1. The predicted octanol–water partition coefficient (Wildman–Crippen LogP) is 3.81. The molecule has 0 aromatic carbocycles. The zero-order valence-electron chi connectivity index (χ0n) is 13.2. The summed E-state index contributed by atoms with van der Waals surface area (Å²) >= 11 is 0. The maximum Gasteiger partial charge on any atom is 0.265 e. The van der Waals surface area contributed by atoms with Gasteiger partial charge in [-0.15, -0.1) is 4.40 Å². The minimum atomic E-state index is -3.48. The number of rotatable bonds is 2. The van der Waals surface area contributed by atoms with Crippen LogP contribution in [0.2, 0.25) is 0 Å². The lowest BCUT2D eigenvalue weighted by atomic mass is 9.76. The van der Waals surface area contributed by atoms with Crippen molar-refractivity contribution in [1.29, 1.82) is 0 Å². The van der Waals surface area contributed by atoms with Crippen molar-refractivity contribution < 1.29 is 13.2 Å². The largest absolute Gasteiger partial charge is 0.472 e. The van der Waals surface area contributed by atoms with Crippen molar-refractivity contribution in [2.45, 2.75) is 88.4 Å². The van der Waals surface area contributed by atoms with Crippen LogP contribution >= 0.6 is 0 Å². The fourth-order valence-corrected chi connectivity index (χ4v) is 5.92. The van der Waals surface area contributed by atoms with Gasteiger partial charge in [0.15, 0.2) is 0 Å². The van der Waals surface area contributed by atoms with Gasteiger partial charge in [-0.05, 0) is 51.9 Å². The molecule has 0 amide bonds. The first-order valence-corrected chi connectivity index (χ1v) is 9.83. The topological polar surface area (TPSA) is 55.7 Å². The zero-order valence-corrected chi connectivity index (χ0v) is 14.0. The third-order valence-electron chi connectivity index (χ3n) is 6.00. The van der Waals surface area contributed by atoms with E-state index in [2.05, 4.69) is 4.40 Å². The van der Waals surface area contributed by atoms with Crippen molar-refractivity contribution in [2.75, 3.05) is 0 Å². The Morgan fingerprint density at radius 2 is 1.76 bits per heavy atom. The molecule has 0 aromatic rings. The van der Waals surface area contributed by atoms with Crippen LogP contribution in [0.5, 0.6) is 0 Å². The molecule has 1 aliphatic heterocycles. The molecule has 0 aromatic heterocycles. The summed E-state index contributed by atoms with van der Waals surface area (Å²) in [5.41, 5.74) is -0.601. The number of nitrogens with zero attached hydrogens (tertiary/aromatic N) is 1. The Kier molecular flexibility index (Phi) is 3.83. The minimum Gasteiger partial charge on any atom is -0.472 e. The molecule has 1 heterocycles. The first-order valence-electron chi connectivity index (χ1n) is 8.39. The van der Waals surface area contributed by atoms with E-state index in [0.29, 0.717) is 24.7 Å². The Morgan fingerprint density at radius 1 is 1.10 bits per heavy atom. The molecule has 2 fully saturated rings. The smallest absolute Gasteiger partial charge is 0.265 e. The second-order valence-corrected chi connectivity index (χ2v) is 9.47. The van der Waals surface area contributed by atoms with Gasteiger partial charge in [-0.1, -0.05) is 25.7 Å². The molecular formula is C16H27NO3S. The molecule has 0 radical (unpaired) electrons. The lowest BCUT2D eigenvalue weighted by Crippen LogP contribution is -2.61. The zero-order chi connectivity index (χ0) is 15.1. The van der Waals surface area contributed by atoms with Crippen molar-refractivity contribution in [1.82, 2.24) is 0 Å². The van der Waals surface area contributed by atoms with Crippen LogP contribution in [0.1, 0.15) is 78.1 Å². The van der Waals surface area contributed by atoms with E-state index in [-0.39, 0.29) is 0 Å². The summed E-state index contributed by atoms with van der Waals surface area (Å²) in [6.45, 7) is 3.79. The molecule has 0 saturated heterocycles. The summed E-state index contributed by atoms with van der Waals surface area (Å²) in [5, 5.41) is 0. The molecule has 2 atom stereocenters. The molecule has 3 rings (SSSR count). The summed E-state index contributed by atoms with van der Waals surface area (Å²) < 4.78 is 34.9. The van der Waals surface area contributed by atoms with E-state index in [0.717, 1.165) is 19.3 Å². The Labute approximate surface area is 128 Å². The molecule has 21 heavy (non-hydrogen) atoms. The van der Waals surface area contributed by atoms with E-state index in [9.17, 15) is 8.42 Å². The van der Waals surface area contributed by atoms with Gasteiger partial charge in [-0.2, -0.15) is 0 Å². The van der Waals surface area contributed by atoms with E-state index >= 15 is 0 Å². The molecule has 3 aliphatic rings. The number of hydrogen-bond acceptors (Lipinski definition) is 3. The standard InChI is InChI=1S/C16H27NO3S/c1-15-10-6-7-11-16(15,2)21(18,19)17-14(20-15)12-13-8-4-3-5-9-13/h13H,3-12H2,1-2H3. The predicted molar refractivity (Wildman–Crippen MR) is 83.9 cm³/mol. The summed E-state index contributed by atoms with van der Waals surface area (Å²) in [6.07, 6.45) is 10.3. The van der Waals surface area contributed by atoms with Gasteiger partial charge in [-0.3, -0.25) is 0 Å². The van der Waals surface area contributed by atoms with Gasteiger partial charge in [0.25, 0.3) is 10.0 Å². The van der Waals surface area contributed by atoms with Gasteiger partial charge >= 0.3 is 0 Å². The first-order chi connectivity index (χ1) is 9.86. The fraction of sp³-hybridized carbons (Fsp3) is 0.938. The van der Waals surface area contributed by atoms with Crippen molar-refractivity contribution in [3.8, 4) is 0 Å². The highest BCUT2D eigenvalue weighted by molar-refractivity contribution is 7.91. The molecule has 0 bridgehead atoms. The average Bonchev–Trinajstić information content (AvgIpc) is 2.41. The first kappa shape index (κ1) is 15.3. The average molecular weight is 313 g/mol. The second-order valence-electron chi connectivity index (χ2n) is 7.44. The molecule has 4 nitrogen and oxygen atoms in total. The molecule has 0 N–H and O–H groups in total. The summed E-state index contributed by atoms with van der Waals surface area (Å²) in [4.78, 5) is 0. The van der Waals surface area contributed by atoms with E-state index in [1.54, 1.807) is 0 Å². The van der Waals surface area contributed by atoms with Crippen LogP contribution in [-0.2, 0) is 14.8 Å². The maximum absolute atomic E-state index is 12.7. The number of fused-ring (bicyclic) bond motifs is 1. The lowest BCUT2D eigenvalue weighted by molar-refractivity contribution is -0.00489. The fourth-order valence-electron chi connectivity index (χ4n) is 4.24. The van der Waals surface area contributed by atoms with Gasteiger partial charge in [0.2, 0.25) is 5.90 Å². The van der Waals surface area contributed by atoms with Crippen LogP contribution in [0, 0.1) is 5.92 Å². The normalized spacial score (nSPS) is 40.0. The highest BCUT2D eigenvalue weighted by Gasteiger charge is 2.60. The molecule has 2 saturated carbocycles. The molecule has 120 valence electrons. The molecule has 2 unspecified atom stereocenters. The summed E-state index contributed by atoms with van der Waals surface area (Å²) in [5.74, 6) is 1.02. The van der Waals surface area contributed by atoms with Crippen LogP contribution < -0.4 is 0 Å². The minimum absolute atomic E-state index is 0.476. The van der Waals surface area contributed by atoms with Gasteiger partial charge in [0, 0.05) is 6.42 Å². The molecular weight excluding hydrogens is 286 g/mol. The molecule has 0 spiro atoms. The SMILES string of the molecule is CC12CCCCC1(C)S(=O)(=O)N=C(CC1CCCCC1)O2. The number of ether oxygens (including phenoxy) is 1. The van der Waals surface area contributed by atoms with Crippen LogP contribution in [0.4, 0.5) is 0 Å². The van der Waals surface area contributed by atoms with Gasteiger partial charge in [0.05, 0.1) is 0 Å². The van der Waals surface area contributed by atoms with E-state index in [1.165, 1.54) is 32.1 Å².